The fourth-order valence-electron chi connectivity index (χ4n) is 2.81. The number of rotatable bonds is 8. The second kappa shape index (κ2) is 8.15. The van der Waals surface area contributed by atoms with Gasteiger partial charge in [-0.05, 0) is 17.2 Å². The molecule has 0 saturated carbocycles. The Morgan fingerprint density at radius 3 is 2.58 bits per heavy atom. The third-order valence-corrected chi connectivity index (χ3v) is 4.19. The van der Waals surface area contributed by atoms with Gasteiger partial charge < -0.3 is 15.0 Å². The number of ether oxygens (including phenoxy) is 1. The van der Waals surface area contributed by atoms with Crippen molar-refractivity contribution >= 4 is 12.3 Å². The molecule has 134 valence electrons. The number of nitrogens with two attached hydrogens (primary N) is 1. The molecule has 1 unspecified atom stereocenters. The maximum atomic E-state index is 11.8. The number of nitrogens with zero attached hydrogens (tertiary/aromatic N) is 2. The van der Waals surface area contributed by atoms with Crippen molar-refractivity contribution in [2.45, 2.75) is 25.5 Å². The van der Waals surface area contributed by atoms with Gasteiger partial charge in [0.25, 0.3) is 12.0 Å². The van der Waals surface area contributed by atoms with Gasteiger partial charge in [0, 0.05) is 30.7 Å². The first-order chi connectivity index (χ1) is 12.7. The summed E-state index contributed by atoms with van der Waals surface area (Å²) in [5, 5.41) is 6.55. The van der Waals surface area contributed by atoms with Gasteiger partial charge in [0.05, 0.1) is 12.7 Å². The number of H-pyrrole nitrogens is 1. The van der Waals surface area contributed by atoms with E-state index in [1.54, 1.807) is 23.0 Å². The van der Waals surface area contributed by atoms with Crippen LogP contribution in [0.3, 0.4) is 0 Å². The Bertz CT molecular complexity index is 915. The van der Waals surface area contributed by atoms with Gasteiger partial charge >= 0.3 is 0 Å². The normalized spacial score (nSPS) is 11.8. The minimum absolute atomic E-state index is 0.0336. The van der Waals surface area contributed by atoms with E-state index >= 15 is 0 Å². The average molecular weight is 352 g/mol. The van der Waals surface area contributed by atoms with Crippen molar-refractivity contribution in [3.63, 3.8) is 0 Å². The van der Waals surface area contributed by atoms with Gasteiger partial charge in [-0.15, -0.1) is 0 Å². The maximum absolute atomic E-state index is 11.8. The highest BCUT2D eigenvalue weighted by Gasteiger charge is 2.14. The van der Waals surface area contributed by atoms with Gasteiger partial charge in [-0.25, -0.2) is 0 Å². The summed E-state index contributed by atoms with van der Waals surface area (Å²) in [4.78, 5) is 22.6. The van der Waals surface area contributed by atoms with Crippen LogP contribution in [0.25, 0.3) is 0 Å². The van der Waals surface area contributed by atoms with Crippen molar-refractivity contribution in [1.82, 2.24) is 14.8 Å². The van der Waals surface area contributed by atoms with Crippen LogP contribution < -0.4 is 11.3 Å². The Balaban J connectivity index is 1.67. The number of aromatic amines is 1. The van der Waals surface area contributed by atoms with Crippen LogP contribution in [0.2, 0.25) is 0 Å². The average Bonchev–Trinajstić information content (AvgIpc) is 3.03. The van der Waals surface area contributed by atoms with Crippen LogP contribution in [0, 0.1) is 0 Å². The van der Waals surface area contributed by atoms with E-state index in [4.69, 9.17) is 10.5 Å². The zero-order chi connectivity index (χ0) is 18.4. The zero-order valence-corrected chi connectivity index (χ0v) is 14.2. The molecule has 0 radical (unpaired) electrons. The van der Waals surface area contributed by atoms with Crippen LogP contribution in [0.5, 0.6) is 0 Å². The molecule has 0 amide bonds. The number of hydrogen-bond acceptors (Lipinski definition) is 5. The third-order valence-electron chi connectivity index (χ3n) is 4.19. The molecule has 2 heterocycles. The van der Waals surface area contributed by atoms with Crippen LogP contribution in [-0.2, 0) is 28.9 Å². The highest BCUT2D eigenvalue weighted by molar-refractivity contribution is 5.40. The molecule has 0 aliphatic carbocycles. The molecular formula is C19H20N4O3. The maximum Gasteiger partial charge on any atom is 0.293 e. The molecule has 2 aromatic heterocycles. The number of aromatic nitrogens is 3. The molecule has 0 spiro atoms. The molecule has 7 heteroatoms. The minimum Gasteiger partial charge on any atom is -0.464 e. The van der Waals surface area contributed by atoms with E-state index in [0.29, 0.717) is 31.7 Å². The first-order valence-corrected chi connectivity index (χ1v) is 8.26. The van der Waals surface area contributed by atoms with Gasteiger partial charge in [0.2, 0.25) is 0 Å². The summed E-state index contributed by atoms with van der Waals surface area (Å²) in [5.74, 6) is 0.480. The van der Waals surface area contributed by atoms with Gasteiger partial charge in [0.1, 0.15) is 11.9 Å². The molecule has 26 heavy (non-hydrogen) atoms. The lowest BCUT2D eigenvalue weighted by Crippen LogP contribution is -2.19. The standard InChI is InChI=1S/C19H20N4O3/c20-19-16(11-21-22-19)10-17(26-13-24)9-14-4-6-15(7-5-14)12-23-8-2-1-3-18(23)25/h1-8,11,13,17H,9-10,12H2,(H3,20,21,22). The highest BCUT2D eigenvalue weighted by atomic mass is 16.5. The molecule has 3 rings (SSSR count). The SMILES string of the molecule is Nc1[nH]ncc1CC(Cc1ccc(Cn2ccccc2=O)cc1)OC=O. The fourth-order valence-corrected chi connectivity index (χ4v) is 2.81. The summed E-state index contributed by atoms with van der Waals surface area (Å²) in [7, 11) is 0. The summed E-state index contributed by atoms with van der Waals surface area (Å²) in [6.45, 7) is 0.969. The molecule has 0 aliphatic heterocycles. The number of carbonyl (C=O) groups excluding carboxylic acids is 1. The predicted molar refractivity (Wildman–Crippen MR) is 97.6 cm³/mol. The van der Waals surface area contributed by atoms with Gasteiger partial charge in [-0.2, -0.15) is 5.10 Å². The van der Waals surface area contributed by atoms with Crippen molar-refractivity contribution in [3.05, 3.63) is 81.9 Å². The monoisotopic (exact) mass is 352 g/mol. The molecule has 1 aromatic carbocycles. The molecule has 0 fully saturated rings. The number of nitrogens with one attached hydrogen (secondary N) is 1. The summed E-state index contributed by atoms with van der Waals surface area (Å²) in [6, 6.07) is 13.0. The lowest BCUT2D eigenvalue weighted by molar-refractivity contribution is -0.133. The lowest BCUT2D eigenvalue weighted by atomic mass is 10.0. The van der Waals surface area contributed by atoms with E-state index in [-0.39, 0.29) is 11.7 Å². The van der Waals surface area contributed by atoms with E-state index in [2.05, 4.69) is 10.2 Å². The topological polar surface area (TPSA) is 103 Å². The summed E-state index contributed by atoms with van der Waals surface area (Å²) in [6.07, 6.45) is 4.13. The van der Waals surface area contributed by atoms with Gasteiger partial charge in [-0.1, -0.05) is 30.3 Å². The largest absolute Gasteiger partial charge is 0.464 e. The van der Waals surface area contributed by atoms with Crippen molar-refractivity contribution in [2.24, 2.45) is 0 Å². The lowest BCUT2D eigenvalue weighted by Gasteiger charge is -2.15. The number of nitrogen functional groups attached to an aromatic ring is 1. The van der Waals surface area contributed by atoms with Crippen molar-refractivity contribution in [1.29, 1.82) is 0 Å². The van der Waals surface area contributed by atoms with E-state index in [1.165, 1.54) is 6.07 Å². The van der Waals surface area contributed by atoms with Crippen LogP contribution in [0.15, 0.2) is 59.7 Å². The summed E-state index contributed by atoms with van der Waals surface area (Å²) >= 11 is 0. The van der Waals surface area contributed by atoms with Crippen molar-refractivity contribution in [3.8, 4) is 0 Å². The number of anilines is 1. The van der Waals surface area contributed by atoms with Crippen LogP contribution in [0.4, 0.5) is 5.82 Å². The Kier molecular flexibility index (Phi) is 5.48. The molecule has 0 aliphatic rings. The van der Waals surface area contributed by atoms with Crippen molar-refractivity contribution in [2.75, 3.05) is 5.73 Å². The molecule has 0 saturated heterocycles. The van der Waals surface area contributed by atoms with Crippen molar-refractivity contribution < 1.29 is 9.53 Å². The first-order valence-electron chi connectivity index (χ1n) is 8.26. The number of pyridine rings is 1. The summed E-state index contributed by atoms with van der Waals surface area (Å²) < 4.78 is 6.84. The molecule has 7 nitrogen and oxygen atoms in total. The molecule has 3 N–H and O–H groups in total. The number of carbonyl (C=O) groups is 1. The molecular weight excluding hydrogens is 332 g/mol. The fraction of sp³-hybridized carbons (Fsp3) is 0.211. The molecule has 1 atom stereocenters. The molecule has 3 aromatic rings. The van der Waals surface area contributed by atoms with E-state index in [9.17, 15) is 9.59 Å². The van der Waals surface area contributed by atoms with Crippen LogP contribution in [-0.4, -0.2) is 27.3 Å². The second-order valence-corrected chi connectivity index (χ2v) is 6.05. The minimum atomic E-state index is -0.324. The second-order valence-electron chi connectivity index (χ2n) is 6.05. The number of benzene rings is 1. The quantitative estimate of drug-likeness (QED) is 0.599. The summed E-state index contributed by atoms with van der Waals surface area (Å²) in [5.41, 5.74) is 8.63. The Morgan fingerprint density at radius 1 is 1.15 bits per heavy atom. The van der Waals surface area contributed by atoms with E-state index in [0.717, 1.165) is 16.7 Å². The first kappa shape index (κ1) is 17.5. The molecule has 0 bridgehead atoms. The van der Waals surface area contributed by atoms with Crippen LogP contribution >= 0.6 is 0 Å². The van der Waals surface area contributed by atoms with Crippen LogP contribution in [0.1, 0.15) is 16.7 Å². The van der Waals surface area contributed by atoms with E-state index < -0.39 is 0 Å². The van der Waals surface area contributed by atoms with Gasteiger partial charge in [-0.3, -0.25) is 14.7 Å². The zero-order valence-electron chi connectivity index (χ0n) is 14.2. The predicted octanol–water partition coefficient (Wildman–Crippen LogP) is 1.53. The Hall–Kier alpha value is -3.35. The third kappa shape index (κ3) is 4.38. The highest BCUT2D eigenvalue weighted by Crippen LogP contribution is 2.15. The Labute approximate surface area is 150 Å². The van der Waals surface area contributed by atoms with E-state index in [1.807, 2.05) is 30.3 Å². The number of hydrogen-bond donors (Lipinski definition) is 2. The Morgan fingerprint density at radius 2 is 1.92 bits per heavy atom. The van der Waals surface area contributed by atoms with Gasteiger partial charge in [0.15, 0.2) is 0 Å². The smallest absolute Gasteiger partial charge is 0.293 e.